The van der Waals surface area contributed by atoms with E-state index in [9.17, 15) is 19.5 Å². The number of cyclic esters (lactones) is 1. The zero-order valence-electron chi connectivity index (χ0n) is 15.6. The van der Waals surface area contributed by atoms with Gasteiger partial charge < -0.3 is 20.1 Å². The molecule has 0 saturated carbocycles. The maximum atomic E-state index is 13.2. The zero-order chi connectivity index (χ0) is 21.0. The standard InChI is InChI=1S/C20H17ClN4O5/c21-10-4-2-1-3-9(10)11-7-12-17(23-11)19(28)25-14(5-6-15(25)22-12)18(27)24-13-8-16(26)30-20(13)29/h1-4,7,13-14,20,23,29H,5-6,8H2,(H,24,27). The SMILES string of the molecule is O=C1CC(NC(=O)C2CCc3nc4cc(-c5ccccc5Cl)[nH]c4c(=O)n32)C(O)O1. The number of hydrogen-bond donors (Lipinski definition) is 3. The molecular weight excluding hydrogens is 412 g/mol. The van der Waals surface area contributed by atoms with Crippen LogP contribution in [0.5, 0.6) is 0 Å². The maximum Gasteiger partial charge on any atom is 0.310 e. The van der Waals surface area contributed by atoms with Crippen molar-refractivity contribution in [3.8, 4) is 11.3 Å². The number of rotatable bonds is 3. The third-order valence-electron chi connectivity index (χ3n) is 5.49. The van der Waals surface area contributed by atoms with Gasteiger partial charge in [0.1, 0.15) is 23.4 Å². The Morgan fingerprint density at radius 2 is 2.13 bits per heavy atom. The summed E-state index contributed by atoms with van der Waals surface area (Å²) >= 11 is 6.26. The summed E-state index contributed by atoms with van der Waals surface area (Å²) in [5, 5.41) is 12.9. The van der Waals surface area contributed by atoms with Crippen molar-refractivity contribution >= 4 is 34.5 Å². The van der Waals surface area contributed by atoms with E-state index in [1.165, 1.54) is 4.57 Å². The molecule has 10 heteroatoms. The average molecular weight is 429 g/mol. The Hall–Kier alpha value is -3.17. The van der Waals surface area contributed by atoms with E-state index < -0.39 is 30.3 Å². The Bertz CT molecular complexity index is 1250. The summed E-state index contributed by atoms with van der Waals surface area (Å²) in [6, 6.07) is 7.42. The normalized spacial score (nSPS) is 22.9. The van der Waals surface area contributed by atoms with Gasteiger partial charge in [0.2, 0.25) is 12.2 Å². The molecule has 1 saturated heterocycles. The number of esters is 1. The largest absolute Gasteiger partial charge is 0.434 e. The molecule has 3 atom stereocenters. The lowest BCUT2D eigenvalue weighted by Gasteiger charge is -2.18. The fourth-order valence-corrected chi connectivity index (χ4v) is 4.28. The predicted octanol–water partition coefficient (Wildman–Crippen LogP) is 1.28. The van der Waals surface area contributed by atoms with Gasteiger partial charge in [-0.05, 0) is 18.6 Å². The number of benzene rings is 1. The Morgan fingerprint density at radius 1 is 1.33 bits per heavy atom. The molecule has 0 bridgehead atoms. The van der Waals surface area contributed by atoms with Crippen LogP contribution in [0.2, 0.25) is 5.02 Å². The number of aromatic nitrogens is 3. The average Bonchev–Trinajstić information content (AvgIpc) is 3.40. The molecule has 154 valence electrons. The number of carbonyl (C=O) groups excluding carboxylic acids is 2. The number of aromatic amines is 1. The number of aryl methyl sites for hydroxylation is 1. The minimum Gasteiger partial charge on any atom is -0.434 e. The first kappa shape index (κ1) is 18.8. The fourth-order valence-electron chi connectivity index (χ4n) is 4.04. The number of fused-ring (bicyclic) bond motifs is 2. The van der Waals surface area contributed by atoms with Gasteiger partial charge in [-0.15, -0.1) is 0 Å². The molecule has 2 aromatic heterocycles. The molecule has 1 fully saturated rings. The molecule has 5 rings (SSSR count). The number of nitrogens with zero attached hydrogens (tertiary/aromatic N) is 2. The topological polar surface area (TPSA) is 126 Å². The predicted molar refractivity (Wildman–Crippen MR) is 107 cm³/mol. The van der Waals surface area contributed by atoms with Crippen molar-refractivity contribution in [2.45, 2.75) is 37.6 Å². The molecule has 0 aliphatic carbocycles. The minimum atomic E-state index is -1.39. The highest BCUT2D eigenvalue weighted by Gasteiger charge is 2.38. The summed E-state index contributed by atoms with van der Waals surface area (Å²) < 4.78 is 6.02. The van der Waals surface area contributed by atoms with Crippen molar-refractivity contribution in [1.29, 1.82) is 0 Å². The molecule has 4 heterocycles. The molecule has 1 amide bonds. The molecule has 3 N–H and O–H groups in total. The van der Waals surface area contributed by atoms with E-state index in [1.54, 1.807) is 12.1 Å². The number of aliphatic hydroxyl groups is 1. The summed E-state index contributed by atoms with van der Waals surface area (Å²) in [7, 11) is 0. The van der Waals surface area contributed by atoms with Crippen LogP contribution in [-0.2, 0) is 20.7 Å². The van der Waals surface area contributed by atoms with E-state index in [0.29, 0.717) is 34.9 Å². The lowest BCUT2D eigenvalue weighted by Crippen LogP contribution is -2.44. The number of amides is 1. The van der Waals surface area contributed by atoms with Gasteiger partial charge in [-0.25, -0.2) is 4.98 Å². The van der Waals surface area contributed by atoms with Crippen molar-refractivity contribution in [2.24, 2.45) is 0 Å². The van der Waals surface area contributed by atoms with E-state index >= 15 is 0 Å². The summed E-state index contributed by atoms with van der Waals surface area (Å²) in [4.78, 5) is 44.9. The number of hydrogen-bond acceptors (Lipinski definition) is 6. The van der Waals surface area contributed by atoms with E-state index in [-0.39, 0.29) is 17.5 Å². The number of halogens is 1. The Morgan fingerprint density at radius 3 is 2.87 bits per heavy atom. The summed E-state index contributed by atoms with van der Waals surface area (Å²) in [5.74, 6) is -0.535. The Kier molecular flexibility index (Phi) is 4.37. The van der Waals surface area contributed by atoms with E-state index in [2.05, 4.69) is 20.0 Å². The molecule has 9 nitrogen and oxygen atoms in total. The highest BCUT2D eigenvalue weighted by molar-refractivity contribution is 6.33. The van der Waals surface area contributed by atoms with Gasteiger partial charge in [-0.1, -0.05) is 29.8 Å². The van der Waals surface area contributed by atoms with Crippen LogP contribution in [0.15, 0.2) is 35.1 Å². The quantitative estimate of drug-likeness (QED) is 0.539. The molecule has 0 radical (unpaired) electrons. The van der Waals surface area contributed by atoms with Gasteiger partial charge in [0.15, 0.2) is 0 Å². The van der Waals surface area contributed by atoms with Crippen LogP contribution < -0.4 is 10.9 Å². The molecule has 2 aliphatic rings. The first-order chi connectivity index (χ1) is 14.4. The van der Waals surface area contributed by atoms with E-state index in [0.717, 1.165) is 5.56 Å². The van der Waals surface area contributed by atoms with Crippen molar-refractivity contribution < 1.29 is 19.4 Å². The van der Waals surface area contributed by atoms with Gasteiger partial charge >= 0.3 is 5.97 Å². The fraction of sp³-hybridized carbons (Fsp3) is 0.300. The van der Waals surface area contributed by atoms with Crippen LogP contribution >= 0.6 is 11.6 Å². The molecule has 3 aromatic rings. The first-order valence-electron chi connectivity index (χ1n) is 9.49. The smallest absolute Gasteiger partial charge is 0.310 e. The van der Waals surface area contributed by atoms with Gasteiger partial charge in [0, 0.05) is 22.7 Å². The van der Waals surface area contributed by atoms with Crippen LogP contribution in [0.1, 0.15) is 24.7 Å². The highest BCUT2D eigenvalue weighted by Crippen LogP contribution is 2.30. The molecular formula is C20H17ClN4O5. The summed E-state index contributed by atoms with van der Waals surface area (Å²) in [5.41, 5.74) is 1.84. The molecule has 3 unspecified atom stereocenters. The second-order valence-electron chi connectivity index (χ2n) is 7.38. The highest BCUT2D eigenvalue weighted by atomic mass is 35.5. The van der Waals surface area contributed by atoms with Gasteiger partial charge in [0.25, 0.3) is 5.56 Å². The van der Waals surface area contributed by atoms with Crippen molar-refractivity contribution in [3.05, 3.63) is 51.5 Å². The lowest BCUT2D eigenvalue weighted by molar-refractivity contribution is -0.155. The molecule has 2 aliphatic heterocycles. The first-order valence-corrected chi connectivity index (χ1v) is 9.87. The van der Waals surface area contributed by atoms with Crippen LogP contribution in [0.4, 0.5) is 0 Å². The Labute approximate surface area is 174 Å². The minimum absolute atomic E-state index is 0.115. The van der Waals surface area contributed by atoms with Crippen molar-refractivity contribution in [3.63, 3.8) is 0 Å². The van der Waals surface area contributed by atoms with Crippen LogP contribution in [0, 0.1) is 0 Å². The van der Waals surface area contributed by atoms with Gasteiger partial charge in [-0.2, -0.15) is 0 Å². The number of ether oxygens (including phenoxy) is 1. The molecule has 1 aromatic carbocycles. The summed E-state index contributed by atoms with van der Waals surface area (Å²) in [6.07, 6.45) is -0.647. The maximum absolute atomic E-state index is 13.2. The zero-order valence-corrected chi connectivity index (χ0v) is 16.3. The third kappa shape index (κ3) is 2.98. The van der Waals surface area contributed by atoms with Crippen molar-refractivity contribution in [2.75, 3.05) is 0 Å². The number of nitrogens with one attached hydrogen (secondary N) is 2. The number of aliphatic hydroxyl groups excluding tert-OH is 1. The number of H-pyrrole nitrogens is 1. The molecule has 0 spiro atoms. The second kappa shape index (κ2) is 6.96. The Balaban J connectivity index is 1.50. The van der Waals surface area contributed by atoms with Gasteiger partial charge in [-0.3, -0.25) is 19.0 Å². The van der Waals surface area contributed by atoms with E-state index in [4.69, 9.17) is 11.6 Å². The van der Waals surface area contributed by atoms with Gasteiger partial charge in [0.05, 0.1) is 11.9 Å². The van der Waals surface area contributed by atoms with Crippen LogP contribution in [0.25, 0.3) is 22.3 Å². The van der Waals surface area contributed by atoms with E-state index in [1.807, 2.05) is 18.2 Å². The second-order valence-corrected chi connectivity index (χ2v) is 7.79. The van der Waals surface area contributed by atoms with Crippen molar-refractivity contribution in [1.82, 2.24) is 19.9 Å². The van der Waals surface area contributed by atoms with Crippen LogP contribution in [0.3, 0.4) is 0 Å². The third-order valence-corrected chi connectivity index (χ3v) is 5.82. The number of carbonyl (C=O) groups is 2. The lowest BCUT2D eigenvalue weighted by atomic mass is 10.1. The van der Waals surface area contributed by atoms with Crippen LogP contribution in [-0.4, -0.2) is 43.8 Å². The molecule has 30 heavy (non-hydrogen) atoms. The monoisotopic (exact) mass is 428 g/mol. The summed E-state index contributed by atoms with van der Waals surface area (Å²) in [6.45, 7) is 0.